The molecule has 28 heavy (non-hydrogen) atoms. The van der Waals surface area contributed by atoms with Gasteiger partial charge in [-0.15, -0.1) is 0 Å². The lowest BCUT2D eigenvalue weighted by Gasteiger charge is -2.34. The van der Waals surface area contributed by atoms with Crippen LogP contribution in [0.5, 0.6) is 0 Å². The lowest BCUT2D eigenvalue weighted by molar-refractivity contribution is -0.210. The third kappa shape index (κ3) is 2.39. The summed E-state index contributed by atoms with van der Waals surface area (Å²) < 4.78 is 21.4. The molecule has 2 saturated heterocycles. The van der Waals surface area contributed by atoms with E-state index in [1.807, 2.05) is 0 Å². The monoisotopic (exact) mass is 407 g/mol. The van der Waals surface area contributed by atoms with Gasteiger partial charge in [-0.3, -0.25) is 9.59 Å². The summed E-state index contributed by atoms with van der Waals surface area (Å²) in [6.07, 6.45) is 2.08. The highest BCUT2D eigenvalue weighted by Crippen LogP contribution is 2.54. The number of fused-ring (bicyclic) bond motifs is 5. The second kappa shape index (κ2) is 6.66. The van der Waals surface area contributed by atoms with Crippen LogP contribution in [0, 0.1) is 11.8 Å². The lowest BCUT2D eigenvalue weighted by atomic mass is 9.76. The van der Waals surface area contributed by atoms with Crippen LogP contribution in [0.1, 0.15) is 10.4 Å². The number of hydrogen-bond acceptors (Lipinski definition) is 7. The summed E-state index contributed by atoms with van der Waals surface area (Å²) in [5.41, 5.74) is -0.869. The van der Waals surface area contributed by atoms with Gasteiger partial charge in [-0.2, -0.15) is 0 Å². The van der Waals surface area contributed by atoms with Crippen LogP contribution in [0.2, 0.25) is 5.02 Å². The fourth-order valence-corrected chi connectivity index (χ4v) is 4.54. The number of imide groups is 1. The van der Waals surface area contributed by atoms with Crippen LogP contribution < -0.4 is 4.90 Å². The Bertz CT molecular complexity index is 896. The highest BCUT2D eigenvalue weighted by molar-refractivity contribution is 6.34. The Labute approximate surface area is 165 Å². The second-order valence-electron chi connectivity index (χ2n) is 6.77. The number of carbonyl (C=O) groups excluding carboxylic acids is 3. The zero-order chi connectivity index (χ0) is 20.2. The quantitative estimate of drug-likeness (QED) is 0.316. The first-order valence-corrected chi connectivity index (χ1v) is 8.95. The molecule has 9 heteroatoms. The van der Waals surface area contributed by atoms with E-state index < -0.39 is 47.6 Å². The van der Waals surface area contributed by atoms with E-state index in [0.717, 1.165) is 4.90 Å². The molecule has 0 aliphatic carbocycles. The normalized spacial score (nSPS) is 30.5. The Morgan fingerprint density at radius 2 is 1.93 bits per heavy atom. The SMILES string of the molecule is COC(=O)c1cc(N2C(=O)[C@@H]3[C@H]4C=C[C@@](C(OC)OC)(O4)[C@H]3C2=O)ccc1Cl. The van der Waals surface area contributed by atoms with Gasteiger partial charge >= 0.3 is 5.97 Å². The predicted molar refractivity (Wildman–Crippen MR) is 96.8 cm³/mol. The molecule has 0 N–H and O–H groups in total. The zero-order valence-corrected chi connectivity index (χ0v) is 16.1. The van der Waals surface area contributed by atoms with E-state index in [1.54, 1.807) is 12.2 Å². The van der Waals surface area contributed by atoms with Gasteiger partial charge in [0.25, 0.3) is 0 Å². The fourth-order valence-electron chi connectivity index (χ4n) is 4.34. The minimum absolute atomic E-state index is 0.0676. The van der Waals surface area contributed by atoms with Gasteiger partial charge in [0.15, 0.2) is 11.9 Å². The number of carbonyl (C=O) groups is 3. The Kier molecular flexibility index (Phi) is 4.54. The second-order valence-corrected chi connectivity index (χ2v) is 7.18. The minimum atomic E-state index is -1.18. The third-order valence-corrected chi connectivity index (χ3v) is 5.82. The summed E-state index contributed by atoms with van der Waals surface area (Å²) in [7, 11) is 4.12. The highest BCUT2D eigenvalue weighted by Gasteiger charge is 2.70. The van der Waals surface area contributed by atoms with E-state index >= 15 is 0 Å². The molecule has 2 bridgehead atoms. The molecule has 4 rings (SSSR count). The molecule has 0 unspecified atom stereocenters. The number of amides is 2. The molecule has 1 aromatic rings. The number of hydrogen-bond donors (Lipinski definition) is 0. The van der Waals surface area contributed by atoms with Gasteiger partial charge in [0, 0.05) is 14.2 Å². The van der Waals surface area contributed by atoms with Crippen molar-refractivity contribution in [3.63, 3.8) is 0 Å². The molecule has 2 fully saturated rings. The first-order chi connectivity index (χ1) is 13.4. The van der Waals surface area contributed by atoms with Crippen molar-refractivity contribution in [1.82, 2.24) is 0 Å². The molecule has 2 amide bonds. The smallest absolute Gasteiger partial charge is 0.339 e. The number of benzene rings is 1. The molecule has 8 nitrogen and oxygen atoms in total. The van der Waals surface area contributed by atoms with Gasteiger partial charge in [-0.1, -0.05) is 17.7 Å². The Hall–Kier alpha value is -2.26. The van der Waals surface area contributed by atoms with Crippen LogP contribution in [0.4, 0.5) is 5.69 Å². The average Bonchev–Trinajstić information content (AvgIpc) is 3.34. The molecule has 1 aromatic carbocycles. The molecule has 3 heterocycles. The Morgan fingerprint density at radius 3 is 2.57 bits per heavy atom. The van der Waals surface area contributed by atoms with Gasteiger partial charge in [0.2, 0.25) is 11.8 Å². The van der Waals surface area contributed by atoms with E-state index in [4.69, 9.17) is 30.5 Å². The van der Waals surface area contributed by atoms with Crippen molar-refractivity contribution in [3.05, 3.63) is 40.9 Å². The Morgan fingerprint density at radius 1 is 1.21 bits per heavy atom. The fraction of sp³-hybridized carbons (Fsp3) is 0.421. The van der Waals surface area contributed by atoms with Crippen LogP contribution in [0.25, 0.3) is 0 Å². The molecular weight excluding hydrogens is 390 g/mol. The molecule has 0 radical (unpaired) electrons. The molecule has 0 saturated carbocycles. The maximum absolute atomic E-state index is 13.3. The van der Waals surface area contributed by atoms with Crippen LogP contribution in [-0.2, 0) is 28.5 Å². The maximum atomic E-state index is 13.3. The third-order valence-electron chi connectivity index (χ3n) is 5.49. The summed E-state index contributed by atoms with van der Waals surface area (Å²) in [6.45, 7) is 0. The Balaban J connectivity index is 1.75. The lowest BCUT2D eigenvalue weighted by Crippen LogP contribution is -2.50. The number of anilines is 1. The predicted octanol–water partition coefficient (Wildman–Crippen LogP) is 1.56. The first-order valence-electron chi connectivity index (χ1n) is 8.58. The van der Waals surface area contributed by atoms with Gasteiger partial charge in [-0.05, 0) is 24.3 Å². The van der Waals surface area contributed by atoms with Crippen LogP contribution in [0.3, 0.4) is 0 Å². The molecule has 0 spiro atoms. The van der Waals surface area contributed by atoms with E-state index in [9.17, 15) is 14.4 Å². The summed E-state index contributed by atoms with van der Waals surface area (Å²) in [4.78, 5) is 39.4. The van der Waals surface area contributed by atoms with E-state index in [2.05, 4.69) is 0 Å². The van der Waals surface area contributed by atoms with Crippen molar-refractivity contribution in [2.45, 2.75) is 18.0 Å². The standard InChI is InChI=1S/C19H18ClNO7/c1-25-17(24)10-8-9(4-5-11(10)20)21-15(22)13-12-6-7-19(28-12,14(13)16(21)23)18(26-2)27-3/h4-8,12-14,18H,1-3H3/t12-,13-,14-,19-/m1/s1. The summed E-state index contributed by atoms with van der Waals surface area (Å²) in [5.74, 6) is -3.00. The van der Waals surface area contributed by atoms with E-state index in [0.29, 0.717) is 0 Å². The van der Waals surface area contributed by atoms with Gasteiger partial charge in [-0.25, -0.2) is 9.69 Å². The number of esters is 1. The summed E-state index contributed by atoms with van der Waals surface area (Å²) in [6, 6.07) is 4.33. The average molecular weight is 408 g/mol. The summed E-state index contributed by atoms with van der Waals surface area (Å²) in [5, 5.41) is 0.162. The molecule has 4 atom stereocenters. The zero-order valence-electron chi connectivity index (χ0n) is 15.4. The first kappa shape index (κ1) is 19.1. The van der Waals surface area contributed by atoms with Gasteiger partial charge in [0.05, 0.1) is 41.3 Å². The van der Waals surface area contributed by atoms with Gasteiger partial charge < -0.3 is 18.9 Å². The number of rotatable bonds is 5. The van der Waals surface area contributed by atoms with Crippen LogP contribution in [0.15, 0.2) is 30.4 Å². The van der Waals surface area contributed by atoms with Crippen molar-refractivity contribution in [2.24, 2.45) is 11.8 Å². The van der Waals surface area contributed by atoms with E-state index in [-0.39, 0.29) is 16.3 Å². The number of methoxy groups -OCH3 is 3. The minimum Gasteiger partial charge on any atom is -0.465 e. The molecule has 148 valence electrons. The highest BCUT2D eigenvalue weighted by atomic mass is 35.5. The molecule has 3 aliphatic heterocycles. The summed E-state index contributed by atoms with van der Waals surface area (Å²) >= 11 is 6.05. The molecular formula is C19H18ClNO7. The number of nitrogens with zero attached hydrogens (tertiary/aromatic N) is 1. The van der Waals surface area contributed by atoms with Crippen molar-refractivity contribution >= 4 is 35.1 Å². The van der Waals surface area contributed by atoms with E-state index in [1.165, 1.54) is 39.5 Å². The van der Waals surface area contributed by atoms with Crippen LogP contribution >= 0.6 is 11.6 Å². The maximum Gasteiger partial charge on any atom is 0.339 e. The number of halogens is 1. The van der Waals surface area contributed by atoms with Crippen molar-refractivity contribution in [3.8, 4) is 0 Å². The van der Waals surface area contributed by atoms with Gasteiger partial charge in [0.1, 0.15) is 0 Å². The molecule has 3 aliphatic rings. The van der Waals surface area contributed by atoms with Crippen molar-refractivity contribution in [2.75, 3.05) is 26.2 Å². The number of ether oxygens (including phenoxy) is 4. The van der Waals surface area contributed by atoms with Crippen molar-refractivity contribution in [1.29, 1.82) is 0 Å². The van der Waals surface area contributed by atoms with Crippen LogP contribution in [-0.4, -0.2) is 57.1 Å². The largest absolute Gasteiger partial charge is 0.465 e. The van der Waals surface area contributed by atoms with Crippen molar-refractivity contribution < 1.29 is 33.3 Å². The molecule has 0 aromatic heterocycles. The topological polar surface area (TPSA) is 91.4 Å².